The number of halogens is 3. The Balaban J connectivity index is 2.60. The molecule has 1 heterocycles. The monoisotopic (exact) mass is 294 g/mol. The van der Waals surface area contributed by atoms with Gasteiger partial charge in [0.05, 0.1) is 0 Å². The van der Waals surface area contributed by atoms with Crippen LogP contribution in [0.4, 0.5) is 13.2 Å². The number of carbonyl (C=O) groups excluding carboxylic acids is 2. The van der Waals surface area contributed by atoms with Crippen molar-refractivity contribution in [3.05, 3.63) is 0 Å². The van der Waals surface area contributed by atoms with E-state index in [9.17, 15) is 22.8 Å². The molecular weight excluding hydrogens is 273 g/mol. The molecule has 0 aliphatic carbocycles. The fourth-order valence-electron chi connectivity index (χ4n) is 2.22. The van der Waals surface area contributed by atoms with Crippen LogP contribution in [0.2, 0.25) is 0 Å². The summed E-state index contributed by atoms with van der Waals surface area (Å²) in [4.78, 5) is 25.1. The third-order valence-electron chi connectivity index (χ3n) is 3.15. The van der Waals surface area contributed by atoms with Gasteiger partial charge in [0, 0.05) is 25.9 Å². The summed E-state index contributed by atoms with van der Waals surface area (Å²) in [6.45, 7) is 4.09. The number of amides is 2. The third-order valence-corrected chi connectivity index (χ3v) is 3.15. The zero-order chi connectivity index (χ0) is 15.3. The van der Waals surface area contributed by atoms with Gasteiger partial charge in [-0.15, -0.1) is 0 Å². The summed E-state index contributed by atoms with van der Waals surface area (Å²) in [6.07, 6.45) is -4.60. The van der Waals surface area contributed by atoms with Crippen molar-refractivity contribution in [2.45, 2.75) is 51.7 Å². The van der Waals surface area contributed by atoms with Crippen LogP contribution in [0.5, 0.6) is 0 Å². The molecule has 7 heteroatoms. The fourth-order valence-corrected chi connectivity index (χ4v) is 2.22. The lowest BCUT2D eigenvalue weighted by Gasteiger charge is -2.25. The lowest BCUT2D eigenvalue weighted by molar-refractivity contribution is -0.141. The van der Waals surface area contributed by atoms with Crippen LogP contribution in [0.25, 0.3) is 0 Å². The summed E-state index contributed by atoms with van der Waals surface area (Å²) in [7, 11) is 0. The summed E-state index contributed by atoms with van der Waals surface area (Å²) in [5.41, 5.74) is 0. The van der Waals surface area contributed by atoms with Crippen LogP contribution in [0.15, 0.2) is 0 Å². The maximum absolute atomic E-state index is 12.2. The normalized spacial score (nSPS) is 21.1. The molecule has 2 amide bonds. The first-order valence-electron chi connectivity index (χ1n) is 6.84. The molecule has 116 valence electrons. The van der Waals surface area contributed by atoms with Crippen LogP contribution in [0.1, 0.15) is 39.5 Å². The second-order valence-electron chi connectivity index (χ2n) is 5.54. The van der Waals surface area contributed by atoms with E-state index in [0.29, 0.717) is 6.42 Å². The van der Waals surface area contributed by atoms with Gasteiger partial charge in [-0.1, -0.05) is 13.8 Å². The smallest absolute Gasteiger partial charge is 0.344 e. The minimum atomic E-state index is -4.21. The Labute approximate surface area is 116 Å². The van der Waals surface area contributed by atoms with E-state index in [1.54, 1.807) is 0 Å². The molecule has 0 aromatic carbocycles. The van der Waals surface area contributed by atoms with E-state index >= 15 is 0 Å². The first-order chi connectivity index (χ1) is 9.19. The van der Waals surface area contributed by atoms with Crippen LogP contribution in [-0.2, 0) is 9.59 Å². The van der Waals surface area contributed by atoms with Gasteiger partial charge < -0.3 is 10.2 Å². The zero-order valence-corrected chi connectivity index (χ0v) is 11.8. The first kappa shape index (κ1) is 16.8. The van der Waals surface area contributed by atoms with Gasteiger partial charge >= 0.3 is 6.18 Å². The minimum Gasteiger partial charge on any atom is -0.344 e. The van der Waals surface area contributed by atoms with E-state index in [4.69, 9.17) is 0 Å². The predicted octanol–water partition coefficient (Wildman–Crippen LogP) is 2.09. The highest BCUT2D eigenvalue weighted by Gasteiger charge is 2.31. The average molecular weight is 294 g/mol. The van der Waals surface area contributed by atoms with Gasteiger partial charge in [-0.25, -0.2) is 0 Å². The molecule has 0 spiro atoms. The van der Waals surface area contributed by atoms with Crippen LogP contribution >= 0.6 is 0 Å². The van der Waals surface area contributed by atoms with Crippen molar-refractivity contribution >= 4 is 11.8 Å². The lowest BCUT2D eigenvalue weighted by Crippen LogP contribution is -2.45. The van der Waals surface area contributed by atoms with Crippen molar-refractivity contribution in [3.8, 4) is 0 Å². The Bertz CT molecular complexity index is 356. The first-order valence-corrected chi connectivity index (χ1v) is 6.84. The Morgan fingerprint density at radius 3 is 2.55 bits per heavy atom. The third kappa shape index (κ3) is 5.79. The maximum Gasteiger partial charge on any atom is 0.389 e. The summed E-state index contributed by atoms with van der Waals surface area (Å²) < 4.78 is 36.4. The average Bonchev–Trinajstić information content (AvgIpc) is 2.40. The Kier molecular flexibility index (Phi) is 5.83. The number of alkyl halides is 3. The number of hydrogen-bond acceptors (Lipinski definition) is 2. The van der Waals surface area contributed by atoms with Crippen molar-refractivity contribution in [1.29, 1.82) is 0 Å². The van der Waals surface area contributed by atoms with Crippen LogP contribution in [-0.4, -0.2) is 42.0 Å². The van der Waals surface area contributed by atoms with E-state index in [1.165, 1.54) is 4.90 Å². The predicted molar refractivity (Wildman–Crippen MR) is 67.9 cm³/mol. The van der Waals surface area contributed by atoms with E-state index in [2.05, 4.69) is 5.32 Å². The van der Waals surface area contributed by atoms with Crippen molar-refractivity contribution in [2.75, 3.05) is 13.1 Å². The van der Waals surface area contributed by atoms with Crippen LogP contribution in [0, 0.1) is 5.92 Å². The van der Waals surface area contributed by atoms with Crippen molar-refractivity contribution < 1.29 is 22.8 Å². The summed E-state index contributed by atoms with van der Waals surface area (Å²) in [6, 6.07) is -0.615. The van der Waals surface area contributed by atoms with E-state index in [-0.39, 0.29) is 43.7 Å². The lowest BCUT2D eigenvalue weighted by atomic mass is 10.0. The quantitative estimate of drug-likeness (QED) is 0.844. The topological polar surface area (TPSA) is 49.4 Å². The summed E-state index contributed by atoms with van der Waals surface area (Å²) >= 11 is 0. The zero-order valence-electron chi connectivity index (χ0n) is 11.8. The van der Waals surface area contributed by atoms with Crippen molar-refractivity contribution in [3.63, 3.8) is 0 Å². The maximum atomic E-state index is 12.2. The van der Waals surface area contributed by atoms with E-state index in [1.807, 2.05) is 13.8 Å². The standard InChI is InChI=1S/C13H21F3N2O2/c1-9(2)8-10-12(20)18(7-4-11(19)17-10)6-3-5-13(14,15)16/h9-10H,3-8H2,1-2H3,(H,17,19). The largest absolute Gasteiger partial charge is 0.389 e. The molecule has 0 aromatic rings. The fraction of sp³-hybridized carbons (Fsp3) is 0.846. The molecule has 0 bridgehead atoms. The second kappa shape index (κ2) is 6.95. The molecule has 1 rings (SSSR count). The molecule has 1 aliphatic rings. The molecule has 0 radical (unpaired) electrons. The van der Waals surface area contributed by atoms with E-state index < -0.39 is 18.6 Å². The van der Waals surface area contributed by atoms with Gasteiger partial charge in [0.25, 0.3) is 0 Å². The molecular formula is C13H21F3N2O2. The Morgan fingerprint density at radius 2 is 2.00 bits per heavy atom. The molecule has 20 heavy (non-hydrogen) atoms. The van der Waals surface area contributed by atoms with Gasteiger partial charge in [-0.2, -0.15) is 13.2 Å². The van der Waals surface area contributed by atoms with Gasteiger partial charge in [-0.3, -0.25) is 9.59 Å². The molecule has 1 fully saturated rings. The number of rotatable bonds is 5. The van der Waals surface area contributed by atoms with Crippen LogP contribution < -0.4 is 5.32 Å². The highest BCUT2D eigenvalue weighted by Crippen LogP contribution is 2.22. The summed E-state index contributed by atoms with van der Waals surface area (Å²) in [5, 5.41) is 2.64. The minimum absolute atomic E-state index is 0.0436. The molecule has 1 saturated heterocycles. The second-order valence-corrected chi connectivity index (χ2v) is 5.54. The number of nitrogens with zero attached hydrogens (tertiary/aromatic N) is 1. The summed E-state index contributed by atoms with van der Waals surface area (Å²) in [5.74, 6) is -0.270. The molecule has 0 saturated carbocycles. The number of hydrogen-bond donors (Lipinski definition) is 1. The molecule has 4 nitrogen and oxygen atoms in total. The van der Waals surface area contributed by atoms with Gasteiger partial charge in [0.1, 0.15) is 6.04 Å². The van der Waals surface area contributed by atoms with Gasteiger partial charge in [0.15, 0.2) is 0 Å². The Morgan fingerprint density at radius 1 is 1.35 bits per heavy atom. The number of nitrogens with one attached hydrogen (secondary N) is 1. The van der Waals surface area contributed by atoms with Crippen molar-refractivity contribution in [2.24, 2.45) is 5.92 Å². The van der Waals surface area contributed by atoms with Gasteiger partial charge in [0.2, 0.25) is 11.8 Å². The molecule has 1 atom stereocenters. The number of carbonyl (C=O) groups is 2. The molecule has 0 aromatic heterocycles. The van der Waals surface area contributed by atoms with Gasteiger partial charge in [-0.05, 0) is 18.8 Å². The molecule has 1 unspecified atom stereocenters. The van der Waals surface area contributed by atoms with Crippen LogP contribution in [0.3, 0.4) is 0 Å². The SMILES string of the molecule is CC(C)CC1NC(=O)CCN(CCCC(F)(F)F)C1=O. The van der Waals surface area contributed by atoms with Crippen molar-refractivity contribution in [1.82, 2.24) is 10.2 Å². The molecule has 1 aliphatic heterocycles. The highest BCUT2D eigenvalue weighted by atomic mass is 19.4. The Hall–Kier alpha value is -1.27. The van der Waals surface area contributed by atoms with E-state index in [0.717, 1.165) is 0 Å². The highest BCUT2D eigenvalue weighted by molar-refractivity contribution is 5.89. The molecule has 1 N–H and O–H groups in total.